The highest BCUT2D eigenvalue weighted by molar-refractivity contribution is 5.95. The third-order valence-corrected chi connectivity index (χ3v) is 4.75. The van der Waals surface area contributed by atoms with Crippen molar-refractivity contribution in [3.8, 4) is 5.75 Å². The number of benzene rings is 1. The standard InChI is InChI=1S/C20H26N2O4/c1-3-12-25-15-10-8-14(9-11-15)18-17(13(2)21-20(24)22-18)19(23)26-16-6-4-5-7-16/h8-11,16,18H,3-7,12H2,1-2H3,(H2,21,22,24). The number of nitrogens with one attached hydrogen (secondary N) is 2. The van der Waals surface area contributed by atoms with Crippen LogP contribution in [0.25, 0.3) is 0 Å². The predicted octanol–water partition coefficient (Wildman–Crippen LogP) is 3.59. The van der Waals surface area contributed by atoms with Crippen LogP contribution in [0.15, 0.2) is 35.5 Å². The SMILES string of the molecule is CCCOc1ccc(C2NC(=O)NC(C)=C2C(=O)OC2CCCC2)cc1. The fourth-order valence-corrected chi connectivity index (χ4v) is 3.41. The van der Waals surface area contributed by atoms with E-state index in [0.29, 0.717) is 17.9 Å². The molecule has 1 aromatic rings. The number of carbonyl (C=O) groups is 2. The summed E-state index contributed by atoms with van der Waals surface area (Å²) < 4.78 is 11.3. The number of esters is 1. The Labute approximate surface area is 153 Å². The molecular formula is C20H26N2O4. The largest absolute Gasteiger partial charge is 0.494 e. The third kappa shape index (κ3) is 4.18. The Kier molecular flexibility index (Phi) is 5.81. The van der Waals surface area contributed by atoms with Crippen molar-refractivity contribution in [2.75, 3.05) is 6.61 Å². The molecular weight excluding hydrogens is 332 g/mol. The summed E-state index contributed by atoms with van der Waals surface area (Å²) in [5.41, 5.74) is 1.81. The van der Waals surface area contributed by atoms with Gasteiger partial charge in [-0.25, -0.2) is 9.59 Å². The second-order valence-corrected chi connectivity index (χ2v) is 6.80. The molecule has 1 aliphatic carbocycles. The molecule has 2 aliphatic rings. The van der Waals surface area contributed by atoms with Crippen LogP contribution < -0.4 is 15.4 Å². The number of amides is 2. The summed E-state index contributed by atoms with van der Waals surface area (Å²) in [7, 11) is 0. The number of hydrogen-bond acceptors (Lipinski definition) is 4. The summed E-state index contributed by atoms with van der Waals surface area (Å²) in [5.74, 6) is 0.407. The van der Waals surface area contributed by atoms with E-state index < -0.39 is 6.04 Å². The first-order valence-corrected chi connectivity index (χ1v) is 9.30. The molecule has 0 aromatic heterocycles. The summed E-state index contributed by atoms with van der Waals surface area (Å²) in [6, 6.07) is 6.60. The van der Waals surface area contributed by atoms with Crippen molar-refractivity contribution in [1.29, 1.82) is 0 Å². The molecule has 0 radical (unpaired) electrons. The number of hydrogen-bond donors (Lipinski definition) is 2. The van der Waals surface area contributed by atoms with Crippen molar-refractivity contribution < 1.29 is 19.1 Å². The van der Waals surface area contributed by atoms with Crippen molar-refractivity contribution in [3.05, 3.63) is 41.1 Å². The van der Waals surface area contributed by atoms with Gasteiger partial charge in [-0.15, -0.1) is 0 Å². The molecule has 6 nitrogen and oxygen atoms in total. The first kappa shape index (κ1) is 18.3. The van der Waals surface area contributed by atoms with Crippen LogP contribution in [-0.4, -0.2) is 24.7 Å². The molecule has 1 aliphatic heterocycles. The van der Waals surface area contributed by atoms with E-state index in [1.54, 1.807) is 6.92 Å². The smallest absolute Gasteiger partial charge is 0.338 e. The second kappa shape index (κ2) is 8.25. The lowest BCUT2D eigenvalue weighted by molar-refractivity contribution is -0.144. The van der Waals surface area contributed by atoms with E-state index in [2.05, 4.69) is 17.6 Å². The zero-order valence-corrected chi connectivity index (χ0v) is 15.3. The minimum Gasteiger partial charge on any atom is -0.494 e. The molecule has 1 heterocycles. The summed E-state index contributed by atoms with van der Waals surface area (Å²) in [6.45, 7) is 4.44. The van der Waals surface area contributed by atoms with E-state index in [9.17, 15) is 9.59 Å². The molecule has 1 aromatic carbocycles. The molecule has 6 heteroatoms. The third-order valence-electron chi connectivity index (χ3n) is 4.75. The second-order valence-electron chi connectivity index (χ2n) is 6.80. The molecule has 1 atom stereocenters. The number of urea groups is 1. The Morgan fingerprint density at radius 3 is 2.54 bits per heavy atom. The highest BCUT2D eigenvalue weighted by Crippen LogP contribution is 2.30. The van der Waals surface area contributed by atoms with Gasteiger partial charge in [-0.05, 0) is 56.7 Å². The summed E-state index contributed by atoms with van der Waals surface area (Å²) in [4.78, 5) is 24.7. The van der Waals surface area contributed by atoms with Crippen LogP contribution in [0.2, 0.25) is 0 Å². The molecule has 3 rings (SSSR count). The molecule has 0 saturated heterocycles. The average molecular weight is 358 g/mol. The minimum atomic E-state index is -0.530. The lowest BCUT2D eigenvalue weighted by Crippen LogP contribution is -2.45. The lowest BCUT2D eigenvalue weighted by atomic mass is 9.95. The first-order valence-electron chi connectivity index (χ1n) is 9.30. The van der Waals surface area contributed by atoms with E-state index >= 15 is 0 Å². The van der Waals surface area contributed by atoms with Crippen molar-refractivity contribution in [3.63, 3.8) is 0 Å². The van der Waals surface area contributed by atoms with E-state index in [0.717, 1.165) is 43.4 Å². The van der Waals surface area contributed by atoms with Crippen LogP contribution in [0.5, 0.6) is 5.75 Å². The van der Waals surface area contributed by atoms with Crippen LogP contribution in [0, 0.1) is 0 Å². The van der Waals surface area contributed by atoms with Gasteiger partial charge in [0.05, 0.1) is 18.2 Å². The van der Waals surface area contributed by atoms with Gasteiger partial charge in [-0.3, -0.25) is 0 Å². The fourth-order valence-electron chi connectivity index (χ4n) is 3.41. The van der Waals surface area contributed by atoms with Crippen molar-refractivity contribution >= 4 is 12.0 Å². The quantitative estimate of drug-likeness (QED) is 0.762. The minimum absolute atomic E-state index is 0.0223. The van der Waals surface area contributed by atoms with E-state index in [1.807, 2.05) is 24.3 Å². The first-order chi connectivity index (χ1) is 12.6. The Bertz CT molecular complexity index is 690. The Balaban J connectivity index is 1.81. The fraction of sp³-hybridized carbons (Fsp3) is 0.500. The number of carbonyl (C=O) groups excluding carboxylic acids is 2. The molecule has 26 heavy (non-hydrogen) atoms. The van der Waals surface area contributed by atoms with Crippen molar-refractivity contribution in [2.24, 2.45) is 0 Å². The van der Waals surface area contributed by atoms with Gasteiger partial charge in [-0.2, -0.15) is 0 Å². The predicted molar refractivity (Wildman–Crippen MR) is 97.7 cm³/mol. The average Bonchev–Trinajstić information content (AvgIpc) is 3.12. The van der Waals surface area contributed by atoms with E-state index in [-0.39, 0.29) is 18.1 Å². The van der Waals surface area contributed by atoms with Gasteiger partial charge in [0.25, 0.3) is 0 Å². The molecule has 2 N–H and O–H groups in total. The molecule has 1 saturated carbocycles. The van der Waals surface area contributed by atoms with Crippen LogP contribution >= 0.6 is 0 Å². The van der Waals surface area contributed by atoms with Gasteiger partial charge in [0.1, 0.15) is 11.9 Å². The van der Waals surface area contributed by atoms with Gasteiger partial charge >= 0.3 is 12.0 Å². The summed E-state index contributed by atoms with van der Waals surface area (Å²) in [6.07, 6.45) is 4.91. The van der Waals surface area contributed by atoms with Gasteiger partial charge in [0, 0.05) is 5.70 Å². The van der Waals surface area contributed by atoms with Crippen LogP contribution in [-0.2, 0) is 9.53 Å². The van der Waals surface area contributed by atoms with Gasteiger partial charge < -0.3 is 20.1 Å². The number of rotatable bonds is 6. The van der Waals surface area contributed by atoms with Crippen LogP contribution in [0.4, 0.5) is 4.79 Å². The van der Waals surface area contributed by atoms with E-state index in [1.165, 1.54) is 0 Å². The molecule has 0 bridgehead atoms. The molecule has 140 valence electrons. The van der Waals surface area contributed by atoms with Gasteiger partial charge in [0.2, 0.25) is 0 Å². The highest BCUT2D eigenvalue weighted by atomic mass is 16.5. The van der Waals surface area contributed by atoms with Gasteiger partial charge in [-0.1, -0.05) is 19.1 Å². The number of allylic oxidation sites excluding steroid dienone is 1. The monoisotopic (exact) mass is 358 g/mol. The highest BCUT2D eigenvalue weighted by Gasteiger charge is 2.33. The zero-order valence-electron chi connectivity index (χ0n) is 15.3. The summed E-state index contributed by atoms with van der Waals surface area (Å²) >= 11 is 0. The van der Waals surface area contributed by atoms with Crippen LogP contribution in [0.3, 0.4) is 0 Å². The number of ether oxygens (including phenoxy) is 2. The molecule has 0 spiro atoms. The van der Waals surface area contributed by atoms with Crippen LogP contribution in [0.1, 0.15) is 57.6 Å². The molecule has 1 fully saturated rings. The van der Waals surface area contributed by atoms with Crippen molar-refractivity contribution in [2.45, 2.75) is 58.1 Å². The molecule has 1 unspecified atom stereocenters. The Hall–Kier alpha value is -2.50. The maximum atomic E-state index is 12.8. The maximum Gasteiger partial charge on any atom is 0.338 e. The van der Waals surface area contributed by atoms with Gasteiger partial charge in [0.15, 0.2) is 0 Å². The Morgan fingerprint density at radius 2 is 1.88 bits per heavy atom. The Morgan fingerprint density at radius 1 is 1.19 bits per heavy atom. The lowest BCUT2D eigenvalue weighted by Gasteiger charge is -2.29. The topological polar surface area (TPSA) is 76.7 Å². The maximum absolute atomic E-state index is 12.8. The molecule has 2 amide bonds. The van der Waals surface area contributed by atoms with Crippen molar-refractivity contribution in [1.82, 2.24) is 10.6 Å². The zero-order chi connectivity index (χ0) is 18.5. The summed E-state index contributed by atoms with van der Waals surface area (Å²) in [5, 5.41) is 5.51. The normalized spacial score (nSPS) is 20.5. The van der Waals surface area contributed by atoms with E-state index in [4.69, 9.17) is 9.47 Å².